The Morgan fingerprint density at radius 3 is 2.46 bits per heavy atom. The molecule has 24 heavy (non-hydrogen) atoms. The van der Waals surface area contributed by atoms with Gasteiger partial charge < -0.3 is 9.64 Å². The highest BCUT2D eigenvalue weighted by Gasteiger charge is 2.29. The van der Waals surface area contributed by atoms with Gasteiger partial charge >= 0.3 is 0 Å². The van der Waals surface area contributed by atoms with Gasteiger partial charge in [-0.05, 0) is 49.6 Å². The number of nitrogens with zero attached hydrogens (tertiary/aromatic N) is 1. The van der Waals surface area contributed by atoms with Crippen LogP contribution >= 0.6 is 0 Å². The Labute approximate surface area is 142 Å². The van der Waals surface area contributed by atoms with Gasteiger partial charge in [-0.15, -0.1) is 0 Å². The van der Waals surface area contributed by atoms with Crippen molar-refractivity contribution in [3.8, 4) is 5.75 Å². The van der Waals surface area contributed by atoms with E-state index in [2.05, 4.69) is 12.1 Å². The number of likely N-dealkylation sites (tertiary alicyclic amines) is 1. The van der Waals surface area contributed by atoms with Gasteiger partial charge in [0.05, 0.1) is 6.04 Å². The van der Waals surface area contributed by atoms with E-state index in [-0.39, 0.29) is 24.3 Å². The number of carbonyl (C=O) groups is 2. The molecule has 1 saturated heterocycles. The summed E-state index contributed by atoms with van der Waals surface area (Å²) in [5, 5.41) is 0. The molecule has 4 nitrogen and oxygen atoms in total. The van der Waals surface area contributed by atoms with Gasteiger partial charge in [-0.2, -0.15) is 0 Å². The van der Waals surface area contributed by atoms with E-state index < -0.39 is 0 Å². The average molecular weight is 323 g/mol. The first-order valence-corrected chi connectivity index (χ1v) is 8.23. The van der Waals surface area contributed by atoms with Crippen LogP contribution in [0.15, 0.2) is 54.6 Å². The molecule has 1 atom stereocenters. The maximum absolute atomic E-state index is 12.5. The molecule has 2 aromatic carbocycles. The smallest absolute Gasteiger partial charge is 0.261 e. The monoisotopic (exact) mass is 323 g/mol. The molecule has 1 unspecified atom stereocenters. The predicted octanol–water partition coefficient (Wildman–Crippen LogP) is 3.63. The Kier molecular flexibility index (Phi) is 4.94. The molecule has 124 valence electrons. The zero-order chi connectivity index (χ0) is 16.9. The standard InChI is InChI=1S/C20H21NO3/c1-15(22)16-9-11-18(12-10-16)24-14-20(23)21-13-5-8-19(21)17-6-3-2-4-7-17/h2-4,6-7,9-12,19H,5,8,13-14H2,1H3. The van der Waals surface area contributed by atoms with Gasteiger partial charge in [0, 0.05) is 12.1 Å². The van der Waals surface area contributed by atoms with Crippen molar-refractivity contribution in [3.63, 3.8) is 0 Å². The van der Waals surface area contributed by atoms with Gasteiger partial charge in [0.2, 0.25) is 0 Å². The zero-order valence-electron chi connectivity index (χ0n) is 13.8. The van der Waals surface area contributed by atoms with Crippen molar-refractivity contribution in [1.82, 2.24) is 4.90 Å². The summed E-state index contributed by atoms with van der Waals surface area (Å²) in [7, 11) is 0. The summed E-state index contributed by atoms with van der Waals surface area (Å²) in [6, 6.07) is 17.1. The van der Waals surface area contributed by atoms with Gasteiger partial charge in [-0.25, -0.2) is 0 Å². The number of Topliss-reactive ketones (excluding diaryl/α,β-unsaturated/α-hetero) is 1. The molecular weight excluding hydrogens is 302 g/mol. The largest absolute Gasteiger partial charge is 0.484 e. The molecule has 0 aliphatic carbocycles. The minimum atomic E-state index is -0.00278. The van der Waals surface area contributed by atoms with Crippen molar-refractivity contribution in [1.29, 1.82) is 0 Å². The number of ketones is 1. The van der Waals surface area contributed by atoms with Crippen LogP contribution in [0, 0.1) is 0 Å². The quantitative estimate of drug-likeness (QED) is 0.789. The minimum Gasteiger partial charge on any atom is -0.484 e. The fourth-order valence-electron chi connectivity index (χ4n) is 3.10. The van der Waals surface area contributed by atoms with E-state index in [0.29, 0.717) is 11.3 Å². The molecule has 1 amide bonds. The lowest BCUT2D eigenvalue weighted by Gasteiger charge is -2.25. The summed E-state index contributed by atoms with van der Waals surface area (Å²) in [6.45, 7) is 2.31. The third-order valence-electron chi connectivity index (χ3n) is 4.38. The Bertz CT molecular complexity index is 709. The van der Waals surface area contributed by atoms with E-state index in [1.165, 1.54) is 12.5 Å². The highest BCUT2D eigenvalue weighted by molar-refractivity contribution is 5.94. The van der Waals surface area contributed by atoms with Crippen LogP contribution in [0.1, 0.15) is 41.7 Å². The highest BCUT2D eigenvalue weighted by Crippen LogP contribution is 2.31. The zero-order valence-corrected chi connectivity index (χ0v) is 13.8. The molecule has 1 aliphatic heterocycles. The maximum Gasteiger partial charge on any atom is 0.261 e. The molecule has 0 N–H and O–H groups in total. The fraction of sp³-hybridized carbons (Fsp3) is 0.300. The first kappa shape index (κ1) is 16.2. The van der Waals surface area contributed by atoms with Crippen molar-refractivity contribution >= 4 is 11.7 Å². The topological polar surface area (TPSA) is 46.6 Å². The Balaban J connectivity index is 1.61. The normalized spacial score (nSPS) is 16.9. The second kappa shape index (κ2) is 7.30. The van der Waals surface area contributed by atoms with Crippen LogP contribution in [0.25, 0.3) is 0 Å². The molecule has 1 aliphatic rings. The van der Waals surface area contributed by atoms with E-state index in [0.717, 1.165) is 19.4 Å². The molecule has 1 heterocycles. The number of ether oxygens (including phenoxy) is 1. The summed E-state index contributed by atoms with van der Waals surface area (Å²) in [5.41, 5.74) is 1.81. The maximum atomic E-state index is 12.5. The molecule has 0 radical (unpaired) electrons. The van der Waals surface area contributed by atoms with Crippen LogP contribution in [0.3, 0.4) is 0 Å². The highest BCUT2D eigenvalue weighted by atomic mass is 16.5. The Morgan fingerprint density at radius 1 is 1.08 bits per heavy atom. The van der Waals surface area contributed by atoms with E-state index in [9.17, 15) is 9.59 Å². The van der Waals surface area contributed by atoms with E-state index in [4.69, 9.17) is 4.74 Å². The summed E-state index contributed by atoms with van der Waals surface area (Å²) >= 11 is 0. The molecule has 0 aromatic heterocycles. The first-order valence-electron chi connectivity index (χ1n) is 8.23. The van der Waals surface area contributed by atoms with Gasteiger partial charge in [0.25, 0.3) is 5.91 Å². The van der Waals surface area contributed by atoms with E-state index >= 15 is 0 Å². The SMILES string of the molecule is CC(=O)c1ccc(OCC(=O)N2CCCC2c2ccccc2)cc1. The summed E-state index contributed by atoms with van der Waals surface area (Å²) in [5.74, 6) is 0.612. The number of carbonyl (C=O) groups excluding carboxylic acids is 2. The lowest BCUT2D eigenvalue weighted by molar-refractivity contribution is -0.134. The predicted molar refractivity (Wildman–Crippen MR) is 92.1 cm³/mol. The van der Waals surface area contributed by atoms with Crippen LogP contribution in [0.5, 0.6) is 5.75 Å². The van der Waals surface area contributed by atoms with Crippen molar-refractivity contribution in [2.75, 3.05) is 13.2 Å². The van der Waals surface area contributed by atoms with Crippen molar-refractivity contribution in [2.45, 2.75) is 25.8 Å². The third kappa shape index (κ3) is 3.65. The number of benzene rings is 2. The van der Waals surface area contributed by atoms with Crippen LogP contribution in [-0.4, -0.2) is 29.7 Å². The van der Waals surface area contributed by atoms with Crippen LogP contribution in [-0.2, 0) is 4.79 Å². The van der Waals surface area contributed by atoms with Gasteiger partial charge in [0.1, 0.15) is 5.75 Å². The van der Waals surface area contributed by atoms with Crippen LogP contribution in [0.4, 0.5) is 0 Å². The number of hydrogen-bond donors (Lipinski definition) is 0. The second-order valence-corrected chi connectivity index (χ2v) is 6.03. The molecule has 0 bridgehead atoms. The van der Waals surface area contributed by atoms with Crippen molar-refractivity contribution in [3.05, 3.63) is 65.7 Å². The average Bonchev–Trinajstić information content (AvgIpc) is 3.10. The first-order chi connectivity index (χ1) is 11.6. The number of hydrogen-bond acceptors (Lipinski definition) is 3. The van der Waals surface area contributed by atoms with Gasteiger partial charge in [-0.3, -0.25) is 9.59 Å². The van der Waals surface area contributed by atoms with Crippen LogP contribution < -0.4 is 4.74 Å². The lowest BCUT2D eigenvalue weighted by atomic mass is 10.0. The molecule has 1 fully saturated rings. The summed E-state index contributed by atoms with van der Waals surface area (Å²) in [4.78, 5) is 25.7. The molecule has 0 saturated carbocycles. The van der Waals surface area contributed by atoms with E-state index in [1.54, 1.807) is 24.3 Å². The van der Waals surface area contributed by atoms with Gasteiger partial charge in [-0.1, -0.05) is 30.3 Å². The number of amides is 1. The van der Waals surface area contributed by atoms with Gasteiger partial charge in [0.15, 0.2) is 12.4 Å². The number of rotatable bonds is 5. The molecule has 2 aromatic rings. The summed E-state index contributed by atoms with van der Waals surface area (Å²) < 4.78 is 5.60. The molecule has 0 spiro atoms. The molecule has 3 rings (SSSR count). The third-order valence-corrected chi connectivity index (χ3v) is 4.38. The van der Waals surface area contributed by atoms with E-state index in [1.807, 2.05) is 23.1 Å². The fourth-order valence-corrected chi connectivity index (χ4v) is 3.10. The molecule has 4 heteroatoms. The minimum absolute atomic E-state index is 0.00278. The molecular formula is C20H21NO3. The lowest BCUT2D eigenvalue weighted by Crippen LogP contribution is -2.34. The van der Waals surface area contributed by atoms with Crippen LogP contribution in [0.2, 0.25) is 0 Å². The van der Waals surface area contributed by atoms with Crippen molar-refractivity contribution < 1.29 is 14.3 Å². The second-order valence-electron chi connectivity index (χ2n) is 6.03. The Hall–Kier alpha value is -2.62. The Morgan fingerprint density at radius 2 is 1.79 bits per heavy atom. The summed E-state index contributed by atoms with van der Waals surface area (Å²) in [6.07, 6.45) is 2.00. The van der Waals surface area contributed by atoms with Crippen molar-refractivity contribution in [2.24, 2.45) is 0 Å².